The van der Waals surface area contributed by atoms with Gasteiger partial charge in [-0.25, -0.2) is 0 Å². The highest BCUT2D eigenvalue weighted by Gasteiger charge is 2.11. The molecular weight excluding hydrogens is 404 g/mol. The Kier molecular flexibility index (Phi) is 8.38. The smallest absolute Gasteiger partial charge is 0.162 e. The normalized spacial score (nSPS) is 10.9. The first kappa shape index (κ1) is 24.6. The Labute approximate surface area is 199 Å². The number of hydrogen-bond donors (Lipinski definition) is 0. The lowest BCUT2D eigenvalue weighted by atomic mass is 9.93. The minimum Gasteiger partial charge on any atom is -0.299 e. The van der Waals surface area contributed by atoms with E-state index in [1.165, 1.54) is 38.9 Å². The summed E-state index contributed by atoms with van der Waals surface area (Å²) in [5, 5.41) is 0. The van der Waals surface area contributed by atoms with Crippen LogP contribution < -0.4 is 0 Å². The number of benzene rings is 3. The Morgan fingerprint density at radius 3 is 2.12 bits per heavy atom. The number of hydrogen-bond acceptors (Lipinski definition) is 2. The number of ketones is 2. The zero-order chi connectivity index (χ0) is 24.0. The van der Waals surface area contributed by atoms with Gasteiger partial charge in [-0.1, -0.05) is 62.4 Å². The fraction of sp³-hybridized carbons (Fsp3) is 0.355. The van der Waals surface area contributed by atoms with Crippen LogP contribution in [0.2, 0.25) is 0 Å². The Balaban J connectivity index is 1.62. The van der Waals surface area contributed by atoms with Crippen LogP contribution in [-0.2, 0) is 30.5 Å². The van der Waals surface area contributed by atoms with Gasteiger partial charge in [0.05, 0.1) is 0 Å². The first-order valence-electron chi connectivity index (χ1n) is 12.1. The van der Waals surface area contributed by atoms with E-state index in [0.29, 0.717) is 25.0 Å². The monoisotopic (exact) mass is 440 g/mol. The molecule has 0 bridgehead atoms. The predicted molar refractivity (Wildman–Crippen MR) is 137 cm³/mol. The third-order valence-electron chi connectivity index (χ3n) is 6.65. The van der Waals surface area contributed by atoms with Crippen LogP contribution in [0.4, 0.5) is 0 Å². The van der Waals surface area contributed by atoms with Crippen molar-refractivity contribution in [2.75, 3.05) is 0 Å². The average Bonchev–Trinajstić information content (AvgIpc) is 2.81. The average molecular weight is 441 g/mol. The van der Waals surface area contributed by atoms with E-state index in [1.54, 1.807) is 0 Å². The maximum absolute atomic E-state index is 12.7. The first-order valence-corrected chi connectivity index (χ1v) is 12.1. The number of aryl methyl sites for hydroxylation is 5. The standard InChI is InChI=1S/C31H36O2/c1-6-26-16-21(3)22(4)17-29(26)20-30(32)14-12-24-11-13-27(23(5)15-24)18-25-9-8-10-28(19-25)31(33)7-2/h8-11,13,15-17,19H,6-7,12,14,18,20H2,1-5H3. The van der Waals surface area contributed by atoms with Crippen molar-refractivity contribution in [2.45, 2.75) is 73.1 Å². The molecule has 33 heavy (non-hydrogen) atoms. The van der Waals surface area contributed by atoms with E-state index in [1.807, 2.05) is 25.1 Å². The van der Waals surface area contributed by atoms with Crippen LogP contribution in [0.1, 0.15) is 81.6 Å². The predicted octanol–water partition coefficient (Wildman–Crippen LogP) is 7.10. The van der Waals surface area contributed by atoms with Crippen LogP contribution in [-0.4, -0.2) is 11.6 Å². The van der Waals surface area contributed by atoms with E-state index in [-0.39, 0.29) is 5.78 Å². The summed E-state index contributed by atoms with van der Waals surface area (Å²) in [6.07, 6.45) is 4.15. The van der Waals surface area contributed by atoms with E-state index in [4.69, 9.17) is 0 Å². The summed E-state index contributed by atoms with van der Waals surface area (Å²) >= 11 is 0. The van der Waals surface area contributed by atoms with Crippen LogP contribution in [0, 0.1) is 20.8 Å². The van der Waals surface area contributed by atoms with Crippen LogP contribution >= 0.6 is 0 Å². The molecule has 3 aromatic carbocycles. The summed E-state index contributed by atoms with van der Waals surface area (Å²) in [6.45, 7) is 10.4. The van der Waals surface area contributed by atoms with Gasteiger partial charge in [-0.3, -0.25) is 9.59 Å². The van der Waals surface area contributed by atoms with E-state index in [2.05, 4.69) is 64.1 Å². The molecule has 2 nitrogen and oxygen atoms in total. The Morgan fingerprint density at radius 1 is 0.727 bits per heavy atom. The van der Waals surface area contributed by atoms with Crippen LogP contribution in [0.15, 0.2) is 54.6 Å². The van der Waals surface area contributed by atoms with Crippen molar-refractivity contribution < 1.29 is 9.59 Å². The Morgan fingerprint density at radius 2 is 1.45 bits per heavy atom. The van der Waals surface area contributed by atoms with Crippen molar-refractivity contribution in [3.8, 4) is 0 Å². The molecule has 2 heteroatoms. The highest BCUT2D eigenvalue weighted by molar-refractivity contribution is 5.96. The molecule has 0 fully saturated rings. The third-order valence-corrected chi connectivity index (χ3v) is 6.65. The van der Waals surface area contributed by atoms with Gasteiger partial charge in [0, 0.05) is 24.8 Å². The second kappa shape index (κ2) is 11.2. The second-order valence-corrected chi connectivity index (χ2v) is 9.19. The van der Waals surface area contributed by atoms with Gasteiger partial charge < -0.3 is 0 Å². The largest absolute Gasteiger partial charge is 0.299 e. The van der Waals surface area contributed by atoms with Crippen LogP contribution in [0.25, 0.3) is 0 Å². The molecule has 0 saturated carbocycles. The van der Waals surface area contributed by atoms with E-state index in [9.17, 15) is 9.59 Å². The van der Waals surface area contributed by atoms with Gasteiger partial charge in [0.15, 0.2) is 5.78 Å². The molecule has 0 saturated heterocycles. The molecule has 0 aromatic heterocycles. The lowest BCUT2D eigenvalue weighted by Crippen LogP contribution is -2.07. The lowest BCUT2D eigenvalue weighted by molar-refractivity contribution is -0.118. The minimum absolute atomic E-state index is 0.181. The molecule has 0 spiro atoms. The molecule has 0 aliphatic carbocycles. The molecular formula is C31H36O2. The Bertz CT molecular complexity index is 1150. The molecule has 0 N–H and O–H groups in total. The molecule has 0 unspecified atom stereocenters. The molecule has 0 aliphatic rings. The zero-order valence-electron chi connectivity index (χ0n) is 20.8. The fourth-order valence-corrected chi connectivity index (χ4v) is 4.40. The molecule has 0 atom stereocenters. The number of carbonyl (C=O) groups is 2. The van der Waals surface area contributed by atoms with E-state index in [0.717, 1.165) is 30.4 Å². The highest BCUT2D eigenvalue weighted by atomic mass is 16.1. The van der Waals surface area contributed by atoms with Crippen LogP contribution in [0.5, 0.6) is 0 Å². The Hall–Kier alpha value is -3.00. The van der Waals surface area contributed by atoms with E-state index < -0.39 is 0 Å². The molecule has 172 valence electrons. The second-order valence-electron chi connectivity index (χ2n) is 9.19. The van der Waals surface area contributed by atoms with Crippen molar-refractivity contribution in [1.29, 1.82) is 0 Å². The quantitative estimate of drug-likeness (QED) is 0.315. The summed E-state index contributed by atoms with van der Waals surface area (Å²) in [5.74, 6) is 0.479. The van der Waals surface area contributed by atoms with Gasteiger partial charge >= 0.3 is 0 Å². The molecule has 3 aromatic rings. The zero-order valence-corrected chi connectivity index (χ0v) is 20.8. The van der Waals surface area contributed by atoms with Crippen molar-refractivity contribution >= 4 is 11.6 Å². The van der Waals surface area contributed by atoms with Gasteiger partial charge in [0.1, 0.15) is 5.78 Å². The molecule has 3 rings (SSSR count). The van der Waals surface area contributed by atoms with Crippen molar-refractivity contribution in [2.24, 2.45) is 0 Å². The summed E-state index contributed by atoms with van der Waals surface area (Å²) < 4.78 is 0. The maximum Gasteiger partial charge on any atom is 0.162 e. The van der Waals surface area contributed by atoms with Crippen molar-refractivity contribution in [3.63, 3.8) is 0 Å². The molecule has 0 heterocycles. The number of Topliss-reactive ketones (excluding diaryl/α,β-unsaturated/α-hetero) is 2. The summed E-state index contributed by atoms with van der Waals surface area (Å²) in [6, 6.07) is 18.9. The summed E-state index contributed by atoms with van der Waals surface area (Å²) in [5.41, 5.74) is 10.7. The van der Waals surface area contributed by atoms with Crippen LogP contribution in [0.3, 0.4) is 0 Å². The highest BCUT2D eigenvalue weighted by Crippen LogP contribution is 2.20. The van der Waals surface area contributed by atoms with Crippen molar-refractivity contribution in [3.05, 3.63) is 105 Å². The van der Waals surface area contributed by atoms with Gasteiger partial charge in [-0.15, -0.1) is 0 Å². The molecule has 0 radical (unpaired) electrons. The van der Waals surface area contributed by atoms with Gasteiger partial charge in [0.2, 0.25) is 0 Å². The summed E-state index contributed by atoms with van der Waals surface area (Å²) in [7, 11) is 0. The first-order chi connectivity index (χ1) is 15.8. The lowest BCUT2D eigenvalue weighted by Gasteiger charge is -2.12. The van der Waals surface area contributed by atoms with Gasteiger partial charge in [-0.2, -0.15) is 0 Å². The SMILES string of the molecule is CCC(=O)c1cccc(Cc2ccc(CCC(=O)Cc3cc(C)c(C)cc3CC)cc2C)c1. The van der Waals surface area contributed by atoms with Gasteiger partial charge in [-0.05, 0) is 90.6 Å². The maximum atomic E-state index is 12.7. The molecule has 0 aliphatic heterocycles. The molecule has 0 amide bonds. The van der Waals surface area contributed by atoms with Gasteiger partial charge in [0.25, 0.3) is 0 Å². The van der Waals surface area contributed by atoms with Crippen molar-refractivity contribution in [1.82, 2.24) is 0 Å². The topological polar surface area (TPSA) is 34.1 Å². The van der Waals surface area contributed by atoms with E-state index >= 15 is 0 Å². The summed E-state index contributed by atoms with van der Waals surface area (Å²) in [4.78, 5) is 24.7. The fourth-order valence-electron chi connectivity index (χ4n) is 4.40. The third kappa shape index (κ3) is 6.51. The number of rotatable bonds is 10. The minimum atomic E-state index is 0.181. The number of carbonyl (C=O) groups excluding carboxylic acids is 2.